The molecule has 0 radical (unpaired) electrons. The van der Waals surface area contributed by atoms with Gasteiger partial charge in [-0.2, -0.15) is 0 Å². The zero-order valence-electron chi connectivity index (χ0n) is 12.1. The van der Waals surface area contributed by atoms with Gasteiger partial charge in [-0.1, -0.05) is 27.7 Å². The van der Waals surface area contributed by atoms with Crippen LogP contribution in [0.15, 0.2) is 0 Å². The van der Waals surface area contributed by atoms with Gasteiger partial charge in [0.25, 0.3) is 0 Å². The maximum Gasteiger partial charge on any atom is 0.522 e. The molecule has 6 heteroatoms. The van der Waals surface area contributed by atoms with Crippen molar-refractivity contribution in [3.8, 4) is 0 Å². The van der Waals surface area contributed by atoms with Gasteiger partial charge in [-0.05, 0) is 11.8 Å². The predicted molar refractivity (Wildman–Crippen MR) is 68.8 cm³/mol. The molecular formula is C13H25F3N2O. The molecule has 1 rings (SSSR count). The van der Waals surface area contributed by atoms with Crippen LogP contribution in [0.25, 0.3) is 0 Å². The van der Waals surface area contributed by atoms with E-state index in [9.17, 15) is 13.2 Å². The molecule has 0 bridgehead atoms. The highest BCUT2D eigenvalue weighted by atomic mass is 19.4. The summed E-state index contributed by atoms with van der Waals surface area (Å²) in [5.74, 6) is 0.880. The summed E-state index contributed by atoms with van der Waals surface area (Å²) >= 11 is 0. The van der Waals surface area contributed by atoms with Gasteiger partial charge in [0.05, 0.1) is 6.61 Å². The molecule has 1 aliphatic rings. The van der Waals surface area contributed by atoms with Gasteiger partial charge >= 0.3 is 6.36 Å². The second-order valence-electron chi connectivity index (χ2n) is 5.86. The van der Waals surface area contributed by atoms with Gasteiger partial charge in [-0.15, -0.1) is 13.2 Å². The van der Waals surface area contributed by atoms with E-state index in [1.54, 1.807) is 0 Å². The standard InChI is InChI=1S/C13H25F3N2O/c1-9(2)11-8-18(5-6-19-13(14,15)16)12(7-17-11)10(3)4/h9-12,17H,5-8H2,1-4H3. The Morgan fingerprint density at radius 2 is 1.84 bits per heavy atom. The molecule has 0 aromatic heterocycles. The Kier molecular flexibility index (Phi) is 6.08. The highest BCUT2D eigenvalue weighted by Crippen LogP contribution is 2.20. The summed E-state index contributed by atoms with van der Waals surface area (Å²) in [6.45, 7) is 10.1. The molecule has 1 saturated heterocycles. The van der Waals surface area contributed by atoms with Crippen molar-refractivity contribution >= 4 is 0 Å². The number of hydrogen-bond acceptors (Lipinski definition) is 3. The van der Waals surface area contributed by atoms with Gasteiger partial charge in [-0.3, -0.25) is 9.64 Å². The molecule has 114 valence electrons. The van der Waals surface area contributed by atoms with Crippen molar-refractivity contribution in [1.82, 2.24) is 10.2 Å². The largest absolute Gasteiger partial charge is 0.522 e. The Hall–Kier alpha value is -0.330. The number of ether oxygens (including phenoxy) is 1. The van der Waals surface area contributed by atoms with Crippen LogP contribution in [0.2, 0.25) is 0 Å². The van der Waals surface area contributed by atoms with Crippen molar-refractivity contribution in [3.05, 3.63) is 0 Å². The van der Waals surface area contributed by atoms with Crippen molar-refractivity contribution < 1.29 is 17.9 Å². The minimum Gasteiger partial charge on any atom is -0.311 e. The average molecular weight is 282 g/mol. The minimum atomic E-state index is -4.53. The van der Waals surface area contributed by atoms with E-state index in [0.717, 1.165) is 13.1 Å². The molecule has 1 N–H and O–H groups in total. The van der Waals surface area contributed by atoms with Crippen molar-refractivity contribution in [2.45, 2.75) is 46.1 Å². The zero-order chi connectivity index (χ0) is 14.6. The lowest BCUT2D eigenvalue weighted by atomic mass is 9.94. The Labute approximate surface area is 113 Å². The monoisotopic (exact) mass is 282 g/mol. The second kappa shape index (κ2) is 6.90. The molecule has 1 aliphatic heterocycles. The summed E-state index contributed by atoms with van der Waals surface area (Å²) < 4.78 is 39.9. The first-order chi connectivity index (χ1) is 8.70. The Morgan fingerprint density at radius 1 is 1.21 bits per heavy atom. The molecule has 0 spiro atoms. The summed E-state index contributed by atoms with van der Waals surface area (Å²) in [5.41, 5.74) is 0. The molecule has 1 fully saturated rings. The molecule has 0 saturated carbocycles. The normalized spacial score (nSPS) is 26.4. The van der Waals surface area contributed by atoms with E-state index in [1.807, 2.05) is 0 Å². The molecular weight excluding hydrogens is 257 g/mol. The number of piperazine rings is 1. The molecule has 2 atom stereocenters. The fraction of sp³-hybridized carbons (Fsp3) is 1.00. The lowest BCUT2D eigenvalue weighted by Crippen LogP contribution is -2.60. The third-order valence-electron chi connectivity index (χ3n) is 3.71. The molecule has 0 aliphatic carbocycles. The summed E-state index contributed by atoms with van der Waals surface area (Å²) in [7, 11) is 0. The number of alkyl halides is 3. The molecule has 0 aromatic rings. The van der Waals surface area contributed by atoms with Crippen LogP contribution in [-0.4, -0.2) is 49.6 Å². The molecule has 0 aromatic carbocycles. The smallest absolute Gasteiger partial charge is 0.311 e. The van der Waals surface area contributed by atoms with E-state index in [2.05, 4.69) is 42.6 Å². The summed E-state index contributed by atoms with van der Waals surface area (Å²) in [5, 5.41) is 3.48. The van der Waals surface area contributed by atoms with Crippen LogP contribution in [0.3, 0.4) is 0 Å². The van der Waals surface area contributed by atoms with Gasteiger partial charge in [0.2, 0.25) is 0 Å². The van der Waals surface area contributed by atoms with Crippen molar-refractivity contribution in [3.63, 3.8) is 0 Å². The lowest BCUT2D eigenvalue weighted by Gasteiger charge is -2.43. The molecule has 3 nitrogen and oxygen atoms in total. The quantitative estimate of drug-likeness (QED) is 0.838. The van der Waals surface area contributed by atoms with E-state index < -0.39 is 6.36 Å². The van der Waals surface area contributed by atoms with Gasteiger partial charge < -0.3 is 5.32 Å². The fourth-order valence-electron chi connectivity index (χ4n) is 2.49. The molecule has 2 unspecified atom stereocenters. The van der Waals surface area contributed by atoms with Gasteiger partial charge in [-0.25, -0.2) is 0 Å². The minimum absolute atomic E-state index is 0.270. The Bertz CT molecular complexity index is 269. The van der Waals surface area contributed by atoms with E-state index in [0.29, 0.717) is 24.4 Å². The van der Waals surface area contributed by atoms with Gasteiger partial charge in [0, 0.05) is 31.7 Å². The summed E-state index contributed by atoms with van der Waals surface area (Å²) in [6, 6.07) is 0.604. The first-order valence-electron chi connectivity index (χ1n) is 6.89. The van der Waals surface area contributed by atoms with Crippen LogP contribution in [0.5, 0.6) is 0 Å². The lowest BCUT2D eigenvalue weighted by molar-refractivity contribution is -0.325. The van der Waals surface area contributed by atoms with E-state index in [4.69, 9.17) is 0 Å². The van der Waals surface area contributed by atoms with Crippen molar-refractivity contribution in [1.29, 1.82) is 0 Å². The van der Waals surface area contributed by atoms with Crippen LogP contribution in [0, 0.1) is 11.8 Å². The first-order valence-corrected chi connectivity index (χ1v) is 6.89. The number of hydrogen-bond donors (Lipinski definition) is 1. The Morgan fingerprint density at radius 3 is 2.32 bits per heavy atom. The van der Waals surface area contributed by atoms with Crippen LogP contribution in [-0.2, 0) is 4.74 Å². The maximum atomic E-state index is 12.0. The average Bonchev–Trinajstić information content (AvgIpc) is 2.26. The maximum absolute atomic E-state index is 12.0. The number of halogens is 3. The zero-order valence-corrected chi connectivity index (χ0v) is 12.1. The van der Waals surface area contributed by atoms with Gasteiger partial charge in [0.15, 0.2) is 0 Å². The Balaban J connectivity index is 2.52. The number of nitrogens with zero attached hydrogens (tertiary/aromatic N) is 1. The number of rotatable bonds is 5. The topological polar surface area (TPSA) is 24.5 Å². The second-order valence-corrected chi connectivity index (χ2v) is 5.86. The number of nitrogens with one attached hydrogen (secondary N) is 1. The van der Waals surface area contributed by atoms with E-state index >= 15 is 0 Å². The van der Waals surface area contributed by atoms with Crippen LogP contribution in [0.1, 0.15) is 27.7 Å². The molecule has 1 heterocycles. The van der Waals surface area contributed by atoms with E-state index in [1.165, 1.54) is 0 Å². The first kappa shape index (κ1) is 16.7. The van der Waals surface area contributed by atoms with Gasteiger partial charge in [0.1, 0.15) is 0 Å². The highest BCUT2D eigenvalue weighted by molar-refractivity contribution is 4.88. The van der Waals surface area contributed by atoms with Crippen LogP contribution < -0.4 is 5.32 Å². The van der Waals surface area contributed by atoms with Crippen molar-refractivity contribution in [2.24, 2.45) is 11.8 Å². The summed E-state index contributed by atoms with van der Waals surface area (Å²) in [4.78, 5) is 2.12. The third kappa shape index (κ3) is 5.67. The fourth-order valence-corrected chi connectivity index (χ4v) is 2.49. The third-order valence-corrected chi connectivity index (χ3v) is 3.71. The van der Waals surface area contributed by atoms with Crippen LogP contribution >= 0.6 is 0 Å². The SMILES string of the molecule is CC(C)C1CN(CCOC(F)(F)F)C(C(C)C)CN1. The summed E-state index contributed by atoms with van der Waals surface area (Å²) in [6.07, 6.45) is -4.53. The van der Waals surface area contributed by atoms with Crippen LogP contribution in [0.4, 0.5) is 13.2 Å². The van der Waals surface area contributed by atoms with E-state index in [-0.39, 0.29) is 12.6 Å². The molecule has 0 amide bonds. The van der Waals surface area contributed by atoms with Crippen molar-refractivity contribution in [2.75, 3.05) is 26.2 Å². The highest BCUT2D eigenvalue weighted by Gasteiger charge is 2.33. The predicted octanol–water partition coefficient (Wildman–Crippen LogP) is 2.48. The molecule has 19 heavy (non-hydrogen) atoms.